The molecule has 0 saturated heterocycles. The fraction of sp³-hybridized carbons (Fsp3) is 0.200. The third-order valence-electron chi connectivity index (χ3n) is 2.18. The molecule has 0 unspecified atom stereocenters. The molecule has 14 heavy (non-hydrogen) atoms. The van der Waals surface area contributed by atoms with Crippen molar-refractivity contribution >= 4 is 17.0 Å². The van der Waals surface area contributed by atoms with Crippen molar-refractivity contribution in [3.8, 4) is 0 Å². The summed E-state index contributed by atoms with van der Waals surface area (Å²) in [6.07, 6.45) is 0.848. The first-order valence-electron chi connectivity index (χ1n) is 4.43. The molecule has 0 spiro atoms. The average Bonchev–Trinajstić information content (AvgIpc) is 2.60. The molecule has 2 aromatic rings. The topological polar surface area (TPSA) is 66.0 Å². The number of benzene rings is 1. The van der Waals surface area contributed by atoms with E-state index in [4.69, 9.17) is 5.11 Å². The molecular formula is C10H10N2O2. The fourth-order valence-electron chi connectivity index (χ4n) is 1.48. The Bertz CT molecular complexity index is 488. The zero-order chi connectivity index (χ0) is 10.1. The molecule has 1 aromatic heterocycles. The molecular weight excluding hydrogens is 180 g/mol. The van der Waals surface area contributed by atoms with Crippen molar-refractivity contribution in [2.45, 2.75) is 13.3 Å². The van der Waals surface area contributed by atoms with Crippen molar-refractivity contribution < 1.29 is 9.90 Å². The summed E-state index contributed by atoms with van der Waals surface area (Å²) in [6.45, 7) is 2.02. The van der Waals surface area contributed by atoms with Crippen LogP contribution in [0.5, 0.6) is 0 Å². The molecule has 1 aromatic carbocycles. The van der Waals surface area contributed by atoms with Gasteiger partial charge in [0.25, 0.3) is 0 Å². The van der Waals surface area contributed by atoms with Gasteiger partial charge in [-0.1, -0.05) is 19.1 Å². The number of aromatic amines is 1. The molecule has 4 heteroatoms. The third kappa shape index (κ3) is 1.25. The molecule has 0 atom stereocenters. The molecule has 0 saturated carbocycles. The molecule has 1 heterocycles. The number of carboxylic acid groups (broad SMARTS) is 1. The molecule has 0 aliphatic rings. The predicted molar refractivity (Wildman–Crippen MR) is 52.4 cm³/mol. The van der Waals surface area contributed by atoms with Crippen LogP contribution >= 0.6 is 0 Å². The van der Waals surface area contributed by atoms with Crippen LogP contribution in [0.4, 0.5) is 0 Å². The Morgan fingerprint density at radius 2 is 2.36 bits per heavy atom. The minimum atomic E-state index is -1.02. The van der Waals surface area contributed by atoms with Crippen molar-refractivity contribution in [3.63, 3.8) is 0 Å². The lowest BCUT2D eigenvalue weighted by Gasteiger charge is -1.95. The van der Waals surface area contributed by atoms with Gasteiger partial charge in [-0.25, -0.2) is 9.78 Å². The maximum absolute atomic E-state index is 10.7. The standard InChI is InChI=1S/C10H10N2O2/c1-2-6-4-3-5-7-8(6)12-9(11-7)10(13)14/h3-5H,2H2,1H3,(H,11,12)(H,13,14). The molecule has 2 rings (SSSR count). The van der Waals surface area contributed by atoms with E-state index in [1.54, 1.807) is 0 Å². The number of aryl methyl sites for hydroxylation is 1. The molecule has 0 bridgehead atoms. The maximum atomic E-state index is 10.7. The van der Waals surface area contributed by atoms with Gasteiger partial charge >= 0.3 is 5.97 Å². The number of imidazole rings is 1. The second-order valence-electron chi connectivity index (χ2n) is 3.06. The average molecular weight is 190 g/mol. The SMILES string of the molecule is CCc1cccc2[nH]c(C(=O)O)nc12. The summed E-state index contributed by atoms with van der Waals surface area (Å²) >= 11 is 0. The second kappa shape index (κ2) is 3.14. The van der Waals surface area contributed by atoms with E-state index in [1.807, 2.05) is 25.1 Å². The van der Waals surface area contributed by atoms with Crippen LogP contribution in [0.15, 0.2) is 18.2 Å². The fourth-order valence-corrected chi connectivity index (χ4v) is 1.48. The number of carboxylic acids is 1. The highest BCUT2D eigenvalue weighted by Gasteiger charge is 2.10. The third-order valence-corrected chi connectivity index (χ3v) is 2.18. The van der Waals surface area contributed by atoms with Crippen LogP contribution in [0.3, 0.4) is 0 Å². The minimum Gasteiger partial charge on any atom is -0.475 e. The number of carbonyl (C=O) groups is 1. The maximum Gasteiger partial charge on any atom is 0.371 e. The van der Waals surface area contributed by atoms with E-state index in [0.717, 1.165) is 23.0 Å². The Morgan fingerprint density at radius 1 is 1.57 bits per heavy atom. The number of rotatable bonds is 2. The van der Waals surface area contributed by atoms with Gasteiger partial charge in [0, 0.05) is 0 Å². The summed E-state index contributed by atoms with van der Waals surface area (Å²) in [6, 6.07) is 5.67. The Balaban J connectivity index is 2.70. The van der Waals surface area contributed by atoms with Crippen LogP contribution < -0.4 is 0 Å². The van der Waals surface area contributed by atoms with Gasteiger partial charge in [-0.05, 0) is 18.1 Å². The Hall–Kier alpha value is -1.84. The van der Waals surface area contributed by atoms with Crippen LogP contribution in [0.25, 0.3) is 11.0 Å². The molecule has 2 N–H and O–H groups in total. The lowest BCUT2D eigenvalue weighted by atomic mass is 10.1. The lowest BCUT2D eigenvalue weighted by Crippen LogP contribution is -1.97. The molecule has 4 nitrogen and oxygen atoms in total. The highest BCUT2D eigenvalue weighted by molar-refractivity contribution is 5.89. The number of aromatic nitrogens is 2. The molecule has 0 amide bonds. The summed E-state index contributed by atoms with van der Waals surface area (Å²) in [5.41, 5.74) is 2.60. The summed E-state index contributed by atoms with van der Waals surface area (Å²) in [5, 5.41) is 8.76. The zero-order valence-electron chi connectivity index (χ0n) is 7.74. The Kier molecular flexibility index (Phi) is 1.96. The van der Waals surface area contributed by atoms with Gasteiger partial charge in [0.1, 0.15) is 0 Å². The van der Waals surface area contributed by atoms with Crippen molar-refractivity contribution in [1.82, 2.24) is 9.97 Å². The van der Waals surface area contributed by atoms with Gasteiger partial charge < -0.3 is 10.1 Å². The first kappa shape index (κ1) is 8.74. The smallest absolute Gasteiger partial charge is 0.371 e. The van der Waals surface area contributed by atoms with E-state index in [-0.39, 0.29) is 5.82 Å². The van der Waals surface area contributed by atoms with Gasteiger partial charge in [0.15, 0.2) is 0 Å². The quantitative estimate of drug-likeness (QED) is 0.759. The van der Waals surface area contributed by atoms with Crippen molar-refractivity contribution in [1.29, 1.82) is 0 Å². The predicted octanol–water partition coefficient (Wildman–Crippen LogP) is 1.82. The van der Waals surface area contributed by atoms with E-state index in [9.17, 15) is 4.79 Å². The largest absolute Gasteiger partial charge is 0.475 e. The number of fused-ring (bicyclic) bond motifs is 1. The van der Waals surface area contributed by atoms with E-state index in [1.165, 1.54) is 0 Å². The minimum absolute atomic E-state index is 0.000833. The molecule has 0 aliphatic carbocycles. The van der Waals surface area contributed by atoms with Crippen molar-refractivity contribution in [2.75, 3.05) is 0 Å². The van der Waals surface area contributed by atoms with Crippen LogP contribution in [0, 0.1) is 0 Å². The number of aromatic carboxylic acids is 1. The number of hydrogen-bond acceptors (Lipinski definition) is 2. The van der Waals surface area contributed by atoms with Crippen LogP contribution in [-0.2, 0) is 6.42 Å². The summed E-state index contributed by atoms with van der Waals surface area (Å²) in [4.78, 5) is 17.5. The number of H-pyrrole nitrogens is 1. The van der Waals surface area contributed by atoms with E-state index in [2.05, 4.69) is 9.97 Å². The Morgan fingerprint density at radius 3 is 3.00 bits per heavy atom. The van der Waals surface area contributed by atoms with Gasteiger partial charge in [-0.3, -0.25) is 0 Å². The summed E-state index contributed by atoms with van der Waals surface area (Å²) in [7, 11) is 0. The Labute approximate surface area is 80.6 Å². The number of nitrogens with one attached hydrogen (secondary N) is 1. The molecule has 0 aliphatic heterocycles. The molecule has 72 valence electrons. The second-order valence-corrected chi connectivity index (χ2v) is 3.06. The lowest BCUT2D eigenvalue weighted by molar-refractivity contribution is 0.0685. The van der Waals surface area contributed by atoms with Crippen LogP contribution in [0.2, 0.25) is 0 Å². The van der Waals surface area contributed by atoms with Gasteiger partial charge in [0.2, 0.25) is 5.82 Å². The van der Waals surface area contributed by atoms with Gasteiger partial charge in [0.05, 0.1) is 11.0 Å². The van der Waals surface area contributed by atoms with Crippen molar-refractivity contribution in [3.05, 3.63) is 29.6 Å². The zero-order valence-corrected chi connectivity index (χ0v) is 7.74. The number of para-hydroxylation sites is 1. The number of hydrogen-bond donors (Lipinski definition) is 2. The highest BCUT2D eigenvalue weighted by Crippen LogP contribution is 2.16. The summed E-state index contributed by atoms with van der Waals surface area (Å²) < 4.78 is 0. The van der Waals surface area contributed by atoms with E-state index in [0.29, 0.717) is 0 Å². The van der Waals surface area contributed by atoms with E-state index >= 15 is 0 Å². The summed E-state index contributed by atoms with van der Waals surface area (Å²) in [5.74, 6) is -1.02. The van der Waals surface area contributed by atoms with Crippen LogP contribution in [-0.4, -0.2) is 21.0 Å². The normalized spacial score (nSPS) is 10.6. The van der Waals surface area contributed by atoms with Crippen LogP contribution in [0.1, 0.15) is 23.1 Å². The van der Waals surface area contributed by atoms with Gasteiger partial charge in [-0.15, -0.1) is 0 Å². The van der Waals surface area contributed by atoms with Crippen molar-refractivity contribution in [2.24, 2.45) is 0 Å². The highest BCUT2D eigenvalue weighted by atomic mass is 16.4. The van der Waals surface area contributed by atoms with E-state index < -0.39 is 5.97 Å². The van der Waals surface area contributed by atoms with Gasteiger partial charge in [-0.2, -0.15) is 0 Å². The molecule has 0 radical (unpaired) electrons. The molecule has 0 fully saturated rings. The number of nitrogens with zero attached hydrogens (tertiary/aromatic N) is 1. The monoisotopic (exact) mass is 190 g/mol. The first-order valence-corrected chi connectivity index (χ1v) is 4.43. The first-order chi connectivity index (χ1) is 6.72.